The van der Waals surface area contributed by atoms with E-state index in [0.29, 0.717) is 12.4 Å². The molecule has 4 aromatic carbocycles. The summed E-state index contributed by atoms with van der Waals surface area (Å²) < 4.78 is 11.6. The fraction of sp³-hybridized carbons (Fsp3) is 0.0385. The Labute approximate surface area is 174 Å². The summed E-state index contributed by atoms with van der Waals surface area (Å²) in [6.07, 6.45) is 1.71. The lowest BCUT2D eigenvalue weighted by molar-refractivity contribution is 0.483. The van der Waals surface area contributed by atoms with Gasteiger partial charge in [0.05, 0.1) is 12.2 Å². The summed E-state index contributed by atoms with van der Waals surface area (Å²) in [6, 6.07) is 32.0. The monoisotopic (exact) mass is 392 g/mol. The van der Waals surface area contributed by atoms with Crippen molar-refractivity contribution in [1.82, 2.24) is 4.98 Å². The Bertz CT molecular complexity index is 1260. The van der Waals surface area contributed by atoms with Gasteiger partial charge in [-0.25, -0.2) is 4.98 Å². The number of nitrogens with zero attached hydrogens (tertiary/aromatic N) is 1. The van der Waals surface area contributed by atoms with Crippen molar-refractivity contribution in [2.24, 2.45) is 0 Å². The van der Waals surface area contributed by atoms with E-state index < -0.39 is 0 Å². The highest BCUT2D eigenvalue weighted by Crippen LogP contribution is 2.28. The van der Waals surface area contributed by atoms with E-state index in [1.54, 1.807) is 6.26 Å². The van der Waals surface area contributed by atoms with Gasteiger partial charge in [-0.15, -0.1) is 0 Å². The molecule has 0 unspecified atom stereocenters. The predicted octanol–water partition coefficient (Wildman–Crippen LogP) is 6.90. The number of benzene rings is 4. The third-order valence-electron chi connectivity index (χ3n) is 4.88. The van der Waals surface area contributed by atoms with Crippen molar-refractivity contribution in [3.05, 3.63) is 109 Å². The number of nitrogens with one attached hydrogen (secondary N) is 1. The maximum absolute atomic E-state index is 5.83. The molecule has 1 heterocycles. The zero-order chi connectivity index (χ0) is 20.2. The van der Waals surface area contributed by atoms with E-state index in [1.807, 2.05) is 78.9 Å². The Morgan fingerprint density at radius 2 is 1.47 bits per heavy atom. The summed E-state index contributed by atoms with van der Waals surface area (Å²) in [5, 5.41) is 5.68. The molecule has 0 amide bonds. The van der Waals surface area contributed by atoms with Crippen LogP contribution in [0.3, 0.4) is 0 Å². The van der Waals surface area contributed by atoms with Crippen LogP contribution in [0, 0.1) is 0 Å². The average Bonchev–Trinajstić information content (AvgIpc) is 3.28. The third kappa shape index (κ3) is 3.89. The van der Waals surface area contributed by atoms with Crippen molar-refractivity contribution in [3.63, 3.8) is 0 Å². The molecule has 4 heteroatoms. The number of aromatic nitrogens is 1. The van der Waals surface area contributed by atoms with Gasteiger partial charge in [0.2, 0.25) is 5.89 Å². The van der Waals surface area contributed by atoms with Crippen molar-refractivity contribution >= 4 is 16.5 Å². The number of oxazole rings is 1. The maximum Gasteiger partial charge on any atom is 0.226 e. The molecule has 0 aliphatic carbocycles. The fourth-order valence-electron chi connectivity index (χ4n) is 3.38. The molecule has 1 aromatic heterocycles. The van der Waals surface area contributed by atoms with E-state index in [2.05, 4.69) is 28.5 Å². The summed E-state index contributed by atoms with van der Waals surface area (Å²) in [6.45, 7) is 0.577. The molecule has 0 aliphatic heterocycles. The quantitative estimate of drug-likeness (QED) is 0.341. The Kier molecular flexibility index (Phi) is 4.88. The summed E-state index contributed by atoms with van der Waals surface area (Å²) in [5.74, 6) is 2.25. The number of para-hydroxylation sites is 1. The Hall–Kier alpha value is -4.05. The number of hydrogen-bond acceptors (Lipinski definition) is 4. The van der Waals surface area contributed by atoms with Crippen LogP contribution < -0.4 is 10.1 Å². The molecule has 0 fully saturated rings. The fourth-order valence-corrected chi connectivity index (χ4v) is 3.38. The molecule has 5 rings (SSSR count). The van der Waals surface area contributed by atoms with Crippen LogP contribution in [-0.4, -0.2) is 4.98 Å². The van der Waals surface area contributed by atoms with Crippen LogP contribution in [0.4, 0.5) is 5.69 Å². The first kappa shape index (κ1) is 18.0. The second kappa shape index (κ2) is 8.13. The number of rotatable bonds is 6. The zero-order valence-corrected chi connectivity index (χ0v) is 16.3. The molecule has 0 radical (unpaired) electrons. The first-order valence-electron chi connectivity index (χ1n) is 9.84. The standard InChI is InChI=1S/C26H20N2O2/c1-2-9-22(10-3-1)30-23-15-13-20(14-16-23)27-17-21-18-29-26(28-21)25-12-6-8-19-7-4-5-11-24(19)25/h1-16,18,27H,17H2. The second-order valence-electron chi connectivity index (χ2n) is 6.96. The van der Waals surface area contributed by atoms with Crippen LogP contribution in [0.1, 0.15) is 5.69 Å². The van der Waals surface area contributed by atoms with Crippen LogP contribution in [-0.2, 0) is 6.54 Å². The number of hydrogen-bond donors (Lipinski definition) is 1. The smallest absolute Gasteiger partial charge is 0.226 e. The Morgan fingerprint density at radius 1 is 0.733 bits per heavy atom. The van der Waals surface area contributed by atoms with E-state index in [0.717, 1.165) is 33.8 Å². The highest BCUT2D eigenvalue weighted by Gasteiger charge is 2.10. The van der Waals surface area contributed by atoms with Gasteiger partial charge in [0, 0.05) is 11.3 Å². The first-order valence-corrected chi connectivity index (χ1v) is 9.84. The van der Waals surface area contributed by atoms with Crippen LogP contribution in [0.15, 0.2) is 108 Å². The SMILES string of the molecule is c1ccc(Oc2ccc(NCc3coc(-c4cccc5ccccc45)n3)cc2)cc1. The van der Waals surface area contributed by atoms with E-state index >= 15 is 0 Å². The lowest BCUT2D eigenvalue weighted by Gasteiger charge is -2.07. The molecular weight excluding hydrogens is 372 g/mol. The minimum Gasteiger partial charge on any atom is -0.457 e. The average molecular weight is 392 g/mol. The minimum absolute atomic E-state index is 0.577. The third-order valence-corrected chi connectivity index (χ3v) is 4.88. The van der Waals surface area contributed by atoms with Gasteiger partial charge < -0.3 is 14.5 Å². The van der Waals surface area contributed by atoms with Crippen molar-refractivity contribution in [2.45, 2.75) is 6.54 Å². The molecule has 0 spiro atoms. The highest BCUT2D eigenvalue weighted by atomic mass is 16.5. The van der Waals surface area contributed by atoms with Gasteiger partial charge in [-0.05, 0) is 53.2 Å². The molecule has 5 aromatic rings. The molecule has 0 bridgehead atoms. The molecule has 0 saturated heterocycles. The lowest BCUT2D eigenvalue weighted by atomic mass is 10.0. The van der Waals surface area contributed by atoms with Gasteiger partial charge in [0.15, 0.2) is 0 Å². The zero-order valence-electron chi connectivity index (χ0n) is 16.3. The topological polar surface area (TPSA) is 47.3 Å². The predicted molar refractivity (Wildman–Crippen MR) is 120 cm³/mol. The van der Waals surface area contributed by atoms with Gasteiger partial charge >= 0.3 is 0 Å². The van der Waals surface area contributed by atoms with Gasteiger partial charge in [-0.3, -0.25) is 0 Å². The van der Waals surface area contributed by atoms with E-state index in [9.17, 15) is 0 Å². The van der Waals surface area contributed by atoms with Gasteiger partial charge in [-0.1, -0.05) is 54.6 Å². The highest BCUT2D eigenvalue weighted by molar-refractivity contribution is 5.94. The summed E-state index contributed by atoms with van der Waals surface area (Å²) in [4.78, 5) is 4.67. The number of anilines is 1. The van der Waals surface area contributed by atoms with Crippen LogP contribution >= 0.6 is 0 Å². The Balaban J connectivity index is 1.26. The molecule has 4 nitrogen and oxygen atoms in total. The van der Waals surface area contributed by atoms with Gasteiger partial charge in [0.25, 0.3) is 0 Å². The largest absolute Gasteiger partial charge is 0.457 e. The summed E-state index contributed by atoms with van der Waals surface area (Å²) in [7, 11) is 0. The molecule has 1 N–H and O–H groups in total. The van der Waals surface area contributed by atoms with E-state index in [1.165, 1.54) is 5.39 Å². The maximum atomic E-state index is 5.83. The normalized spacial score (nSPS) is 10.8. The van der Waals surface area contributed by atoms with Crippen LogP contribution in [0.5, 0.6) is 11.5 Å². The molecule has 0 saturated carbocycles. The summed E-state index contributed by atoms with van der Waals surface area (Å²) >= 11 is 0. The molecular formula is C26H20N2O2. The minimum atomic E-state index is 0.577. The van der Waals surface area contributed by atoms with Crippen LogP contribution in [0.25, 0.3) is 22.2 Å². The number of fused-ring (bicyclic) bond motifs is 1. The van der Waals surface area contributed by atoms with Crippen molar-refractivity contribution in [1.29, 1.82) is 0 Å². The van der Waals surface area contributed by atoms with Crippen molar-refractivity contribution in [2.75, 3.05) is 5.32 Å². The molecule has 0 aliphatic rings. The lowest BCUT2D eigenvalue weighted by Crippen LogP contribution is -1.99. The molecule has 0 atom stereocenters. The van der Waals surface area contributed by atoms with Crippen molar-refractivity contribution < 1.29 is 9.15 Å². The molecule has 146 valence electrons. The van der Waals surface area contributed by atoms with Gasteiger partial charge in [0.1, 0.15) is 17.8 Å². The van der Waals surface area contributed by atoms with Crippen molar-refractivity contribution in [3.8, 4) is 23.0 Å². The second-order valence-corrected chi connectivity index (χ2v) is 6.96. The van der Waals surface area contributed by atoms with Gasteiger partial charge in [-0.2, -0.15) is 0 Å². The Morgan fingerprint density at radius 3 is 2.33 bits per heavy atom. The van der Waals surface area contributed by atoms with E-state index in [-0.39, 0.29) is 0 Å². The molecule has 30 heavy (non-hydrogen) atoms. The summed E-state index contributed by atoms with van der Waals surface area (Å²) in [5.41, 5.74) is 2.84. The first-order chi connectivity index (χ1) is 14.8. The van der Waals surface area contributed by atoms with Crippen LogP contribution in [0.2, 0.25) is 0 Å². The van der Waals surface area contributed by atoms with E-state index in [4.69, 9.17) is 9.15 Å². The number of ether oxygens (including phenoxy) is 1.